The van der Waals surface area contributed by atoms with E-state index in [1.807, 2.05) is 13.8 Å². The number of rotatable bonds is 4. The SMILES string of the molecule is CC(C)c1cc(OCC(=O)O)ccc1F. The van der Waals surface area contributed by atoms with Crippen molar-refractivity contribution in [2.45, 2.75) is 19.8 Å². The normalized spacial score (nSPS) is 10.4. The Kier molecular flexibility index (Phi) is 3.66. The number of carboxylic acid groups (broad SMARTS) is 1. The summed E-state index contributed by atoms with van der Waals surface area (Å²) in [6.45, 7) is 3.31. The lowest BCUT2D eigenvalue weighted by atomic mass is 10.0. The lowest BCUT2D eigenvalue weighted by molar-refractivity contribution is -0.139. The van der Waals surface area contributed by atoms with Gasteiger partial charge in [0.15, 0.2) is 6.61 Å². The molecule has 82 valence electrons. The van der Waals surface area contributed by atoms with E-state index in [2.05, 4.69) is 0 Å². The van der Waals surface area contributed by atoms with Crippen molar-refractivity contribution in [3.8, 4) is 5.75 Å². The number of hydrogen-bond acceptors (Lipinski definition) is 2. The molecule has 4 heteroatoms. The molecular weight excluding hydrogens is 199 g/mol. The average Bonchev–Trinajstić information content (AvgIpc) is 2.16. The fourth-order valence-electron chi connectivity index (χ4n) is 1.20. The van der Waals surface area contributed by atoms with Crippen molar-refractivity contribution in [1.29, 1.82) is 0 Å². The van der Waals surface area contributed by atoms with Gasteiger partial charge in [0.2, 0.25) is 0 Å². The van der Waals surface area contributed by atoms with Crippen LogP contribution in [0.25, 0.3) is 0 Å². The highest BCUT2D eigenvalue weighted by Crippen LogP contribution is 2.23. The molecule has 0 aliphatic heterocycles. The van der Waals surface area contributed by atoms with Crippen LogP contribution in [0.1, 0.15) is 25.3 Å². The number of carbonyl (C=O) groups is 1. The first-order valence-electron chi connectivity index (χ1n) is 4.64. The van der Waals surface area contributed by atoms with E-state index >= 15 is 0 Å². The Morgan fingerprint density at radius 2 is 2.20 bits per heavy atom. The van der Waals surface area contributed by atoms with Gasteiger partial charge in [0.1, 0.15) is 11.6 Å². The van der Waals surface area contributed by atoms with Gasteiger partial charge in [-0.25, -0.2) is 9.18 Å². The molecule has 0 saturated heterocycles. The van der Waals surface area contributed by atoms with E-state index in [0.717, 1.165) is 0 Å². The van der Waals surface area contributed by atoms with Crippen LogP contribution in [-0.2, 0) is 4.79 Å². The highest BCUT2D eigenvalue weighted by atomic mass is 19.1. The maximum absolute atomic E-state index is 13.2. The molecule has 0 aliphatic rings. The summed E-state index contributed by atoms with van der Waals surface area (Å²) in [5, 5.41) is 8.41. The second kappa shape index (κ2) is 4.77. The first-order chi connectivity index (χ1) is 7.00. The zero-order valence-corrected chi connectivity index (χ0v) is 8.66. The molecule has 1 aromatic carbocycles. The van der Waals surface area contributed by atoms with Gasteiger partial charge in [-0.1, -0.05) is 13.8 Å². The Hall–Kier alpha value is -1.58. The lowest BCUT2D eigenvalue weighted by Crippen LogP contribution is -2.09. The Bertz CT molecular complexity index is 361. The van der Waals surface area contributed by atoms with Gasteiger partial charge in [-0.3, -0.25) is 0 Å². The van der Waals surface area contributed by atoms with E-state index < -0.39 is 12.6 Å². The fraction of sp³-hybridized carbons (Fsp3) is 0.364. The van der Waals surface area contributed by atoms with Crippen molar-refractivity contribution in [3.63, 3.8) is 0 Å². The molecule has 0 saturated carbocycles. The molecule has 0 heterocycles. The van der Waals surface area contributed by atoms with Crippen LogP contribution in [-0.4, -0.2) is 17.7 Å². The second-order valence-electron chi connectivity index (χ2n) is 3.52. The molecule has 0 aliphatic carbocycles. The Labute approximate surface area is 87.5 Å². The minimum atomic E-state index is -1.05. The van der Waals surface area contributed by atoms with Gasteiger partial charge < -0.3 is 9.84 Å². The number of benzene rings is 1. The third kappa shape index (κ3) is 3.23. The smallest absolute Gasteiger partial charge is 0.341 e. The van der Waals surface area contributed by atoms with Crippen LogP contribution in [0.2, 0.25) is 0 Å². The highest BCUT2D eigenvalue weighted by Gasteiger charge is 2.08. The monoisotopic (exact) mass is 212 g/mol. The van der Waals surface area contributed by atoms with Gasteiger partial charge in [0, 0.05) is 0 Å². The first kappa shape index (κ1) is 11.5. The predicted octanol–water partition coefficient (Wildman–Crippen LogP) is 2.41. The molecule has 0 bridgehead atoms. The summed E-state index contributed by atoms with van der Waals surface area (Å²) in [5.74, 6) is -0.932. The zero-order valence-electron chi connectivity index (χ0n) is 8.66. The summed E-state index contributed by atoms with van der Waals surface area (Å²) in [6.07, 6.45) is 0. The quantitative estimate of drug-likeness (QED) is 0.833. The second-order valence-corrected chi connectivity index (χ2v) is 3.52. The maximum atomic E-state index is 13.2. The van der Waals surface area contributed by atoms with Crippen LogP contribution in [0, 0.1) is 5.82 Å². The number of halogens is 1. The molecule has 1 aromatic rings. The van der Waals surface area contributed by atoms with Gasteiger partial charge >= 0.3 is 5.97 Å². The Morgan fingerprint density at radius 1 is 1.53 bits per heavy atom. The van der Waals surface area contributed by atoms with E-state index in [-0.39, 0.29) is 11.7 Å². The van der Waals surface area contributed by atoms with Gasteiger partial charge in [-0.15, -0.1) is 0 Å². The van der Waals surface area contributed by atoms with Gasteiger partial charge in [-0.05, 0) is 29.7 Å². The van der Waals surface area contributed by atoms with E-state index in [1.165, 1.54) is 18.2 Å². The number of carboxylic acids is 1. The average molecular weight is 212 g/mol. The number of hydrogen-bond donors (Lipinski definition) is 1. The van der Waals surface area contributed by atoms with E-state index in [9.17, 15) is 9.18 Å². The van der Waals surface area contributed by atoms with Crippen LogP contribution in [0.4, 0.5) is 4.39 Å². The summed E-state index contributed by atoms with van der Waals surface area (Å²) in [7, 11) is 0. The summed E-state index contributed by atoms with van der Waals surface area (Å²) in [5.41, 5.74) is 0.526. The van der Waals surface area contributed by atoms with Crippen LogP contribution in [0.3, 0.4) is 0 Å². The van der Waals surface area contributed by atoms with Crippen LogP contribution < -0.4 is 4.74 Å². The Balaban J connectivity index is 2.83. The van der Waals surface area contributed by atoms with Gasteiger partial charge in [-0.2, -0.15) is 0 Å². The number of ether oxygens (including phenoxy) is 1. The molecule has 1 rings (SSSR count). The van der Waals surface area contributed by atoms with E-state index in [0.29, 0.717) is 11.3 Å². The molecule has 0 radical (unpaired) electrons. The molecule has 3 nitrogen and oxygen atoms in total. The highest BCUT2D eigenvalue weighted by molar-refractivity contribution is 5.68. The Morgan fingerprint density at radius 3 is 2.73 bits per heavy atom. The first-order valence-corrected chi connectivity index (χ1v) is 4.64. The van der Waals surface area contributed by atoms with Crippen molar-refractivity contribution in [3.05, 3.63) is 29.6 Å². The number of aliphatic carboxylic acids is 1. The molecule has 0 aromatic heterocycles. The third-order valence-electron chi connectivity index (χ3n) is 1.95. The van der Waals surface area contributed by atoms with Crippen molar-refractivity contribution in [2.75, 3.05) is 6.61 Å². The molecule has 1 N–H and O–H groups in total. The van der Waals surface area contributed by atoms with E-state index in [1.54, 1.807) is 0 Å². The fourth-order valence-corrected chi connectivity index (χ4v) is 1.20. The topological polar surface area (TPSA) is 46.5 Å². The van der Waals surface area contributed by atoms with Crippen LogP contribution in [0.5, 0.6) is 5.75 Å². The van der Waals surface area contributed by atoms with Crippen molar-refractivity contribution >= 4 is 5.97 Å². The molecule has 0 spiro atoms. The van der Waals surface area contributed by atoms with Gasteiger partial charge in [0.25, 0.3) is 0 Å². The maximum Gasteiger partial charge on any atom is 0.341 e. The van der Waals surface area contributed by atoms with Crippen molar-refractivity contribution < 1.29 is 19.0 Å². The lowest BCUT2D eigenvalue weighted by Gasteiger charge is -2.09. The summed E-state index contributed by atoms with van der Waals surface area (Å²) < 4.78 is 18.2. The minimum absolute atomic E-state index is 0.0402. The largest absolute Gasteiger partial charge is 0.482 e. The molecule has 0 fully saturated rings. The molecule has 15 heavy (non-hydrogen) atoms. The predicted molar refractivity (Wildman–Crippen MR) is 53.6 cm³/mol. The van der Waals surface area contributed by atoms with Crippen molar-refractivity contribution in [1.82, 2.24) is 0 Å². The molecule has 0 amide bonds. The van der Waals surface area contributed by atoms with E-state index in [4.69, 9.17) is 9.84 Å². The van der Waals surface area contributed by atoms with Crippen LogP contribution in [0.15, 0.2) is 18.2 Å². The standard InChI is InChI=1S/C11H13FO3/c1-7(2)9-5-8(3-4-10(9)12)15-6-11(13)14/h3-5,7H,6H2,1-2H3,(H,13,14). The van der Waals surface area contributed by atoms with Crippen LogP contribution >= 0.6 is 0 Å². The zero-order chi connectivity index (χ0) is 11.4. The van der Waals surface area contributed by atoms with Gasteiger partial charge in [0.05, 0.1) is 0 Å². The molecule has 0 unspecified atom stereocenters. The molecular formula is C11H13FO3. The minimum Gasteiger partial charge on any atom is -0.482 e. The summed E-state index contributed by atoms with van der Waals surface area (Å²) in [4.78, 5) is 10.3. The summed E-state index contributed by atoms with van der Waals surface area (Å²) in [6, 6.07) is 4.24. The summed E-state index contributed by atoms with van der Waals surface area (Å²) >= 11 is 0. The van der Waals surface area contributed by atoms with Crippen molar-refractivity contribution in [2.24, 2.45) is 0 Å². The third-order valence-corrected chi connectivity index (χ3v) is 1.95. The molecule has 0 atom stereocenters.